The van der Waals surface area contributed by atoms with Crippen LogP contribution < -0.4 is 10.2 Å². The zero-order valence-corrected chi connectivity index (χ0v) is 17.7. The van der Waals surface area contributed by atoms with Crippen molar-refractivity contribution in [1.82, 2.24) is 4.31 Å². The Balaban J connectivity index is 1.94. The van der Waals surface area contributed by atoms with E-state index in [1.807, 2.05) is 19.9 Å². The number of carbonyl (C=O) groups excluding carboxylic acids is 1. The Morgan fingerprint density at radius 2 is 1.89 bits per heavy atom. The molecule has 1 heterocycles. The Bertz CT molecular complexity index is 825. The minimum Gasteiger partial charge on any atom is -0.370 e. The average Bonchev–Trinajstić information content (AvgIpc) is 3.24. The lowest BCUT2D eigenvalue weighted by Crippen LogP contribution is -2.31. The van der Waals surface area contributed by atoms with Crippen molar-refractivity contribution in [3.8, 4) is 0 Å². The molecule has 0 aromatic heterocycles. The summed E-state index contributed by atoms with van der Waals surface area (Å²) in [7, 11) is -3.57. The molecule has 1 fully saturated rings. The molecule has 0 unspecified atom stereocenters. The molecule has 154 valence electrons. The minimum atomic E-state index is -3.57. The number of hydrogen-bond donors (Lipinski definition) is 1. The topological polar surface area (TPSA) is 69.7 Å². The highest BCUT2D eigenvalue weighted by Crippen LogP contribution is 2.33. The van der Waals surface area contributed by atoms with Gasteiger partial charge in [-0.05, 0) is 50.3 Å². The van der Waals surface area contributed by atoms with Gasteiger partial charge in [0.25, 0.3) is 0 Å². The number of amides is 1. The Kier molecular flexibility index (Phi) is 6.78. The predicted molar refractivity (Wildman–Crippen MR) is 113 cm³/mol. The third-order valence-electron chi connectivity index (χ3n) is 5.66. The molecule has 28 heavy (non-hydrogen) atoms. The molecule has 1 atom stereocenters. The van der Waals surface area contributed by atoms with E-state index < -0.39 is 10.0 Å². The molecule has 2 aliphatic rings. The standard InChI is InChI=1S/C21H31N3O3S/c1-3-24(4-2)28(26,27)18-12-13-20(23-14-8-9-15-23)19(16-18)22-21(25)17-10-6-5-7-11-17/h5-6,12-13,16-17H,3-4,7-11,14-15H2,1-2H3,(H,22,25)/t17-/m1/s1. The molecular formula is C21H31N3O3S. The summed E-state index contributed by atoms with van der Waals surface area (Å²) in [5, 5.41) is 3.05. The van der Waals surface area contributed by atoms with Gasteiger partial charge in [0.15, 0.2) is 0 Å². The van der Waals surface area contributed by atoms with Crippen LogP contribution in [-0.4, -0.2) is 44.8 Å². The van der Waals surface area contributed by atoms with E-state index in [0.29, 0.717) is 18.8 Å². The van der Waals surface area contributed by atoms with Crippen LogP contribution in [0.25, 0.3) is 0 Å². The lowest BCUT2D eigenvalue weighted by Gasteiger charge is -2.25. The van der Waals surface area contributed by atoms with Crippen molar-refractivity contribution in [2.45, 2.75) is 50.8 Å². The zero-order valence-electron chi connectivity index (χ0n) is 16.9. The van der Waals surface area contributed by atoms with Gasteiger partial charge in [0, 0.05) is 32.1 Å². The number of nitrogens with one attached hydrogen (secondary N) is 1. The van der Waals surface area contributed by atoms with E-state index in [2.05, 4.69) is 22.4 Å². The van der Waals surface area contributed by atoms with Crippen LogP contribution in [0.4, 0.5) is 11.4 Å². The van der Waals surface area contributed by atoms with Gasteiger partial charge in [0.05, 0.1) is 16.3 Å². The number of anilines is 2. The fourth-order valence-corrected chi connectivity index (χ4v) is 5.47. The van der Waals surface area contributed by atoms with Gasteiger partial charge in [-0.2, -0.15) is 4.31 Å². The average molecular weight is 406 g/mol. The maximum Gasteiger partial charge on any atom is 0.243 e. The van der Waals surface area contributed by atoms with Gasteiger partial charge in [-0.15, -0.1) is 0 Å². The summed E-state index contributed by atoms with van der Waals surface area (Å²) in [5.74, 6) is -0.0818. The second-order valence-corrected chi connectivity index (χ2v) is 9.37. The van der Waals surface area contributed by atoms with E-state index in [9.17, 15) is 13.2 Å². The Morgan fingerprint density at radius 3 is 2.50 bits per heavy atom. The van der Waals surface area contributed by atoms with Crippen molar-refractivity contribution in [3.63, 3.8) is 0 Å². The number of allylic oxidation sites excluding steroid dienone is 2. The van der Waals surface area contributed by atoms with Gasteiger partial charge < -0.3 is 10.2 Å². The molecule has 3 rings (SSSR count). The van der Waals surface area contributed by atoms with E-state index in [1.54, 1.807) is 12.1 Å². The normalized spacial score (nSPS) is 20.0. The molecule has 1 aromatic rings. The summed E-state index contributed by atoms with van der Waals surface area (Å²) >= 11 is 0. The predicted octanol–water partition coefficient (Wildman–Crippen LogP) is 3.61. The van der Waals surface area contributed by atoms with E-state index in [1.165, 1.54) is 4.31 Å². The quantitative estimate of drug-likeness (QED) is 0.704. The monoisotopic (exact) mass is 405 g/mol. The third kappa shape index (κ3) is 4.41. The first-order valence-corrected chi connectivity index (χ1v) is 11.8. The molecule has 0 saturated carbocycles. The molecule has 0 bridgehead atoms. The van der Waals surface area contributed by atoms with Crippen LogP contribution >= 0.6 is 0 Å². The van der Waals surface area contributed by atoms with Crippen LogP contribution in [0.2, 0.25) is 0 Å². The number of hydrogen-bond acceptors (Lipinski definition) is 4. The van der Waals surface area contributed by atoms with Gasteiger partial charge in [-0.3, -0.25) is 4.79 Å². The number of carbonyl (C=O) groups is 1. The Hall–Kier alpha value is -1.86. The smallest absolute Gasteiger partial charge is 0.243 e. The van der Waals surface area contributed by atoms with Gasteiger partial charge in [0.1, 0.15) is 0 Å². The summed E-state index contributed by atoms with van der Waals surface area (Å²) in [6, 6.07) is 5.15. The molecule has 1 aliphatic heterocycles. The fourth-order valence-electron chi connectivity index (χ4n) is 3.99. The van der Waals surface area contributed by atoms with Crippen LogP contribution in [0.3, 0.4) is 0 Å². The lowest BCUT2D eigenvalue weighted by atomic mass is 9.93. The second-order valence-electron chi connectivity index (χ2n) is 7.43. The maximum atomic E-state index is 13.0. The summed E-state index contributed by atoms with van der Waals surface area (Å²) < 4.78 is 27.4. The fraction of sp³-hybridized carbons (Fsp3) is 0.571. The van der Waals surface area contributed by atoms with Crippen molar-refractivity contribution in [2.75, 3.05) is 36.4 Å². The largest absolute Gasteiger partial charge is 0.370 e. The lowest BCUT2D eigenvalue weighted by molar-refractivity contribution is -0.120. The van der Waals surface area contributed by atoms with E-state index in [4.69, 9.17) is 0 Å². The van der Waals surface area contributed by atoms with Crippen molar-refractivity contribution in [3.05, 3.63) is 30.4 Å². The zero-order chi connectivity index (χ0) is 20.1. The number of benzene rings is 1. The summed E-state index contributed by atoms with van der Waals surface area (Å²) in [6.45, 7) is 6.36. The van der Waals surface area contributed by atoms with E-state index in [0.717, 1.165) is 50.9 Å². The molecule has 1 aliphatic carbocycles. The minimum absolute atomic E-state index is 0.0258. The molecule has 7 heteroatoms. The molecule has 1 saturated heterocycles. The van der Waals surface area contributed by atoms with Crippen LogP contribution in [0.5, 0.6) is 0 Å². The third-order valence-corrected chi connectivity index (χ3v) is 7.70. The molecule has 1 aromatic carbocycles. The summed E-state index contributed by atoms with van der Waals surface area (Å²) in [4.78, 5) is 15.3. The van der Waals surface area contributed by atoms with Gasteiger partial charge in [-0.25, -0.2) is 8.42 Å². The van der Waals surface area contributed by atoms with Crippen LogP contribution in [0.15, 0.2) is 35.2 Å². The van der Waals surface area contributed by atoms with Crippen LogP contribution in [0, 0.1) is 5.92 Å². The summed E-state index contributed by atoms with van der Waals surface area (Å²) in [5.41, 5.74) is 1.52. The van der Waals surface area contributed by atoms with Gasteiger partial charge in [-0.1, -0.05) is 26.0 Å². The van der Waals surface area contributed by atoms with Crippen molar-refractivity contribution in [1.29, 1.82) is 0 Å². The molecule has 6 nitrogen and oxygen atoms in total. The Morgan fingerprint density at radius 1 is 1.18 bits per heavy atom. The van der Waals surface area contributed by atoms with E-state index >= 15 is 0 Å². The highest BCUT2D eigenvalue weighted by atomic mass is 32.2. The first-order valence-electron chi connectivity index (χ1n) is 10.3. The molecule has 1 N–H and O–H groups in total. The molecule has 0 spiro atoms. The highest BCUT2D eigenvalue weighted by molar-refractivity contribution is 7.89. The molecule has 0 radical (unpaired) electrons. The number of rotatable bonds is 7. The highest BCUT2D eigenvalue weighted by Gasteiger charge is 2.26. The molecular weight excluding hydrogens is 374 g/mol. The van der Waals surface area contributed by atoms with E-state index in [-0.39, 0.29) is 16.7 Å². The first-order chi connectivity index (χ1) is 13.5. The number of sulfonamides is 1. The van der Waals surface area contributed by atoms with Crippen LogP contribution in [0.1, 0.15) is 46.0 Å². The van der Waals surface area contributed by atoms with Crippen molar-refractivity contribution < 1.29 is 13.2 Å². The molecule has 1 amide bonds. The second kappa shape index (κ2) is 9.09. The van der Waals surface area contributed by atoms with Gasteiger partial charge >= 0.3 is 0 Å². The maximum absolute atomic E-state index is 13.0. The van der Waals surface area contributed by atoms with Gasteiger partial charge in [0.2, 0.25) is 15.9 Å². The van der Waals surface area contributed by atoms with Crippen LogP contribution in [-0.2, 0) is 14.8 Å². The van der Waals surface area contributed by atoms with Crippen molar-refractivity contribution >= 4 is 27.3 Å². The first kappa shape index (κ1) is 20.9. The summed E-state index contributed by atoms with van der Waals surface area (Å²) in [6.07, 6.45) is 8.86. The van der Waals surface area contributed by atoms with Crippen molar-refractivity contribution in [2.24, 2.45) is 5.92 Å². The SMILES string of the molecule is CCN(CC)S(=O)(=O)c1ccc(N2CCCC2)c(NC(=O)[C@@H]2CC=CCC2)c1. The Labute approximate surface area is 168 Å². The number of nitrogens with zero attached hydrogens (tertiary/aromatic N) is 2.